The Bertz CT molecular complexity index is 285. The summed E-state index contributed by atoms with van der Waals surface area (Å²) < 4.78 is 5.00. The molecule has 0 aromatic heterocycles. The minimum atomic E-state index is -0.473. The Morgan fingerprint density at radius 2 is 2.07 bits per heavy atom. The molecule has 0 fully saturated rings. The molecule has 1 rings (SSSR count). The second kappa shape index (κ2) is 5.40. The Labute approximate surface area is 83.9 Å². The highest BCUT2D eigenvalue weighted by atomic mass is 16.5. The molecule has 1 aromatic rings. The van der Waals surface area contributed by atoms with Gasteiger partial charge in [0, 0.05) is 6.54 Å². The van der Waals surface area contributed by atoms with Crippen molar-refractivity contribution in [1.82, 2.24) is 0 Å². The molecule has 0 aliphatic rings. The summed E-state index contributed by atoms with van der Waals surface area (Å²) in [6.45, 7) is 4.07. The number of rotatable bonds is 4. The summed E-state index contributed by atoms with van der Waals surface area (Å²) in [5.74, 6) is -0.824. The van der Waals surface area contributed by atoms with Gasteiger partial charge in [-0.2, -0.15) is 0 Å². The van der Waals surface area contributed by atoms with Gasteiger partial charge in [0.15, 0.2) is 0 Å². The molecule has 1 atom stereocenters. The molecule has 0 amide bonds. The molecule has 0 spiro atoms. The van der Waals surface area contributed by atoms with E-state index in [0.29, 0.717) is 0 Å². The molecular weight excluding hydrogens is 178 g/mol. The van der Waals surface area contributed by atoms with Crippen LogP contribution in [0.3, 0.4) is 0 Å². The molecular formula is C11H14NO2. The predicted molar refractivity (Wildman–Crippen MR) is 54.1 cm³/mol. The molecule has 3 nitrogen and oxygen atoms in total. The van der Waals surface area contributed by atoms with Crippen molar-refractivity contribution >= 4 is 5.97 Å². The van der Waals surface area contributed by atoms with Crippen molar-refractivity contribution in [2.75, 3.05) is 6.54 Å². The molecule has 14 heavy (non-hydrogen) atoms. The predicted octanol–water partition coefficient (Wildman–Crippen LogP) is 1.14. The van der Waals surface area contributed by atoms with Crippen LogP contribution in [0.5, 0.6) is 0 Å². The van der Waals surface area contributed by atoms with E-state index in [1.54, 1.807) is 0 Å². The van der Waals surface area contributed by atoms with Gasteiger partial charge in [-0.05, 0) is 12.5 Å². The maximum Gasteiger partial charge on any atom is 0.310 e. The summed E-state index contributed by atoms with van der Waals surface area (Å²) in [5, 5.41) is 0. The van der Waals surface area contributed by atoms with Crippen molar-refractivity contribution in [2.24, 2.45) is 11.7 Å². The normalized spacial score (nSPS) is 12.1. The van der Waals surface area contributed by atoms with Crippen LogP contribution in [0.4, 0.5) is 0 Å². The molecule has 0 aliphatic carbocycles. The Hall–Kier alpha value is -1.35. The van der Waals surface area contributed by atoms with Crippen LogP contribution in [0.1, 0.15) is 5.56 Å². The standard InChI is InChI=1S/C11H14NO2/c1-9(7-12)11(13)14-8-10-5-3-2-4-6-10/h2-6,9H,1,7-8,12H2/t9-/m0/s1. The van der Waals surface area contributed by atoms with Gasteiger partial charge in [0.25, 0.3) is 0 Å². The second-order valence-electron chi connectivity index (χ2n) is 3.03. The number of benzene rings is 1. The summed E-state index contributed by atoms with van der Waals surface area (Å²) in [6, 6.07) is 9.50. The van der Waals surface area contributed by atoms with Crippen LogP contribution >= 0.6 is 0 Å². The molecule has 0 bridgehead atoms. The SMILES string of the molecule is [CH2][C@@H](CN)C(=O)OCc1ccccc1. The first kappa shape index (κ1) is 10.7. The van der Waals surface area contributed by atoms with Crippen molar-refractivity contribution in [3.05, 3.63) is 42.8 Å². The van der Waals surface area contributed by atoms with Gasteiger partial charge in [-0.1, -0.05) is 30.3 Å². The highest BCUT2D eigenvalue weighted by Gasteiger charge is 2.11. The number of hydrogen-bond acceptors (Lipinski definition) is 3. The van der Waals surface area contributed by atoms with E-state index >= 15 is 0 Å². The lowest BCUT2D eigenvalue weighted by molar-refractivity contribution is -0.147. The maximum absolute atomic E-state index is 11.2. The monoisotopic (exact) mass is 192 g/mol. The second-order valence-corrected chi connectivity index (χ2v) is 3.03. The smallest absolute Gasteiger partial charge is 0.310 e. The van der Waals surface area contributed by atoms with Crippen LogP contribution in [0, 0.1) is 12.8 Å². The van der Waals surface area contributed by atoms with E-state index in [-0.39, 0.29) is 19.1 Å². The van der Waals surface area contributed by atoms with Crippen LogP contribution in [0.15, 0.2) is 30.3 Å². The Kier molecular flexibility index (Phi) is 4.13. The third-order valence-electron chi connectivity index (χ3n) is 1.84. The first-order valence-corrected chi connectivity index (χ1v) is 4.47. The van der Waals surface area contributed by atoms with Crippen LogP contribution in [0.2, 0.25) is 0 Å². The van der Waals surface area contributed by atoms with E-state index in [2.05, 4.69) is 6.92 Å². The fourth-order valence-electron chi connectivity index (χ4n) is 0.943. The van der Waals surface area contributed by atoms with Crippen molar-refractivity contribution in [3.63, 3.8) is 0 Å². The Morgan fingerprint density at radius 3 is 2.64 bits per heavy atom. The number of ether oxygens (including phenoxy) is 1. The van der Waals surface area contributed by atoms with E-state index in [1.807, 2.05) is 30.3 Å². The zero-order valence-electron chi connectivity index (χ0n) is 7.98. The van der Waals surface area contributed by atoms with Gasteiger partial charge >= 0.3 is 5.97 Å². The van der Waals surface area contributed by atoms with Crippen molar-refractivity contribution in [1.29, 1.82) is 0 Å². The molecule has 1 aromatic carbocycles. The summed E-state index contributed by atoms with van der Waals surface area (Å²) >= 11 is 0. The number of hydrogen-bond donors (Lipinski definition) is 1. The van der Waals surface area contributed by atoms with Gasteiger partial charge in [-0.25, -0.2) is 0 Å². The van der Waals surface area contributed by atoms with Gasteiger partial charge in [-0.3, -0.25) is 4.79 Å². The van der Waals surface area contributed by atoms with Crippen LogP contribution in [-0.4, -0.2) is 12.5 Å². The zero-order chi connectivity index (χ0) is 10.4. The fraction of sp³-hybridized carbons (Fsp3) is 0.273. The highest BCUT2D eigenvalue weighted by molar-refractivity contribution is 5.73. The Balaban J connectivity index is 2.38. The molecule has 2 N–H and O–H groups in total. The van der Waals surface area contributed by atoms with Crippen molar-refractivity contribution in [3.8, 4) is 0 Å². The molecule has 0 heterocycles. The average molecular weight is 192 g/mol. The largest absolute Gasteiger partial charge is 0.461 e. The van der Waals surface area contributed by atoms with Gasteiger partial charge in [0.05, 0.1) is 5.92 Å². The minimum absolute atomic E-state index is 0.216. The number of esters is 1. The fourth-order valence-corrected chi connectivity index (χ4v) is 0.943. The molecule has 0 saturated carbocycles. The van der Waals surface area contributed by atoms with Crippen molar-refractivity contribution < 1.29 is 9.53 Å². The molecule has 0 saturated heterocycles. The van der Waals surface area contributed by atoms with Crippen LogP contribution in [-0.2, 0) is 16.1 Å². The van der Waals surface area contributed by atoms with E-state index in [4.69, 9.17) is 10.5 Å². The first-order chi connectivity index (χ1) is 6.74. The molecule has 0 unspecified atom stereocenters. The highest BCUT2D eigenvalue weighted by Crippen LogP contribution is 2.03. The average Bonchev–Trinajstić information content (AvgIpc) is 2.26. The quantitative estimate of drug-likeness (QED) is 0.728. The molecule has 0 aliphatic heterocycles. The zero-order valence-corrected chi connectivity index (χ0v) is 7.98. The molecule has 3 heteroatoms. The van der Waals surface area contributed by atoms with E-state index in [0.717, 1.165) is 5.56 Å². The lowest BCUT2D eigenvalue weighted by Gasteiger charge is -2.08. The third-order valence-corrected chi connectivity index (χ3v) is 1.84. The van der Waals surface area contributed by atoms with E-state index in [1.165, 1.54) is 0 Å². The summed E-state index contributed by atoms with van der Waals surface area (Å²) in [5.41, 5.74) is 6.24. The number of carbonyl (C=O) groups is 1. The van der Waals surface area contributed by atoms with Gasteiger partial charge < -0.3 is 10.5 Å². The summed E-state index contributed by atoms with van der Waals surface area (Å²) in [6.07, 6.45) is 0. The van der Waals surface area contributed by atoms with E-state index in [9.17, 15) is 4.79 Å². The van der Waals surface area contributed by atoms with Gasteiger partial charge in [-0.15, -0.1) is 0 Å². The minimum Gasteiger partial charge on any atom is -0.461 e. The van der Waals surface area contributed by atoms with Crippen molar-refractivity contribution in [2.45, 2.75) is 6.61 Å². The lowest BCUT2D eigenvalue weighted by Crippen LogP contribution is -2.22. The third kappa shape index (κ3) is 3.18. The van der Waals surface area contributed by atoms with Gasteiger partial charge in [0.2, 0.25) is 0 Å². The van der Waals surface area contributed by atoms with E-state index < -0.39 is 5.92 Å². The number of carbonyl (C=O) groups excluding carboxylic acids is 1. The van der Waals surface area contributed by atoms with Gasteiger partial charge in [0.1, 0.15) is 6.61 Å². The topological polar surface area (TPSA) is 52.3 Å². The lowest BCUT2D eigenvalue weighted by atomic mass is 10.2. The molecule has 75 valence electrons. The Morgan fingerprint density at radius 1 is 1.43 bits per heavy atom. The number of nitrogens with two attached hydrogens (primary N) is 1. The maximum atomic E-state index is 11.2. The summed E-state index contributed by atoms with van der Waals surface area (Å²) in [4.78, 5) is 11.2. The summed E-state index contributed by atoms with van der Waals surface area (Å²) in [7, 11) is 0. The first-order valence-electron chi connectivity index (χ1n) is 4.47. The van der Waals surface area contributed by atoms with Crippen LogP contribution in [0.25, 0.3) is 0 Å². The molecule has 1 radical (unpaired) electrons. The van der Waals surface area contributed by atoms with Crippen LogP contribution < -0.4 is 5.73 Å².